The minimum absolute atomic E-state index is 0.0462. The Morgan fingerprint density at radius 1 is 1.24 bits per heavy atom. The monoisotopic (exact) mass is 314 g/mol. The maximum Gasteiger partial charge on any atom is 0.389 e. The van der Waals surface area contributed by atoms with E-state index < -0.39 is 24.5 Å². The first-order valence-corrected chi connectivity index (χ1v) is 5.78. The number of halogens is 5. The highest BCUT2D eigenvalue weighted by molar-refractivity contribution is 9.10. The Hall–Kier alpha value is -0.620. The molecule has 0 saturated carbocycles. The van der Waals surface area contributed by atoms with Crippen LogP contribution in [0.15, 0.2) is 22.7 Å². The first kappa shape index (κ1) is 14.4. The summed E-state index contributed by atoms with van der Waals surface area (Å²) < 4.78 is 49.1. The van der Waals surface area contributed by atoms with Gasteiger partial charge in [-0.05, 0) is 36.6 Å². The summed E-state index contributed by atoms with van der Waals surface area (Å²) in [6, 6.07) is 3.82. The zero-order valence-electron chi connectivity index (χ0n) is 8.77. The fourth-order valence-electron chi connectivity index (χ4n) is 1.43. The van der Waals surface area contributed by atoms with Gasteiger partial charge in [0.15, 0.2) is 0 Å². The molecule has 1 nitrogen and oxygen atoms in total. The summed E-state index contributed by atoms with van der Waals surface area (Å²) in [5.41, 5.74) is 0.277. The predicted octanol–water partition coefficient (Wildman–Crippen LogP) is 4.35. The van der Waals surface area contributed by atoms with Crippen molar-refractivity contribution in [3.05, 3.63) is 34.1 Å². The molecule has 96 valence electrons. The lowest BCUT2D eigenvalue weighted by atomic mass is 10.0. The third-order valence-corrected chi connectivity index (χ3v) is 2.67. The highest BCUT2D eigenvalue weighted by Crippen LogP contribution is 2.27. The van der Waals surface area contributed by atoms with Crippen LogP contribution in [-0.2, 0) is 0 Å². The van der Waals surface area contributed by atoms with Crippen LogP contribution in [0.25, 0.3) is 0 Å². The zero-order valence-corrected chi connectivity index (χ0v) is 10.4. The Balaban J connectivity index is 2.55. The summed E-state index contributed by atoms with van der Waals surface area (Å²) >= 11 is 3.05. The van der Waals surface area contributed by atoms with E-state index >= 15 is 0 Å². The van der Waals surface area contributed by atoms with Gasteiger partial charge >= 0.3 is 6.18 Å². The average molecular weight is 315 g/mol. The summed E-state index contributed by atoms with van der Waals surface area (Å²) in [5.74, 6) is -0.538. The second-order valence-electron chi connectivity index (χ2n) is 3.73. The van der Waals surface area contributed by atoms with Gasteiger partial charge < -0.3 is 5.11 Å². The first-order valence-electron chi connectivity index (χ1n) is 4.99. The highest BCUT2D eigenvalue weighted by Gasteiger charge is 2.26. The van der Waals surface area contributed by atoms with Gasteiger partial charge in [0, 0.05) is 10.9 Å². The van der Waals surface area contributed by atoms with Gasteiger partial charge in [-0.25, -0.2) is 4.39 Å². The standard InChI is InChI=1S/C11H11BrF4O/c12-8-4-7(5-9(13)6-8)10(17)2-1-3-11(14,15)16/h4-6,10,17H,1-3H2. The molecule has 1 aromatic rings. The number of rotatable bonds is 4. The maximum absolute atomic E-state index is 13.0. The molecule has 0 fully saturated rings. The van der Waals surface area contributed by atoms with Gasteiger partial charge in [0.2, 0.25) is 0 Å². The van der Waals surface area contributed by atoms with Crippen LogP contribution in [-0.4, -0.2) is 11.3 Å². The normalized spacial score (nSPS) is 13.8. The Morgan fingerprint density at radius 3 is 2.41 bits per heavy atom. The van der Waals surface area contributed by atoms with Crippen LogP contribution in [0, 0.1) is 5.82 Å². The molecule has 0 radical (unpaired) electrons. The number of aliphatic hydroxyl groups excluding tert-OH is 1. The molecule has 0 aromatic heterocycles. The molecule has 0 heterocycles. The number of alkyl halides is 3. The summed E-state index contributed by atoms with van der Waals surface area (Å²) in [7, 11) is 0. The second-order valence-corrected chi connectivity index (χ2v) is 4.64. The number of aliphatic hydroxyl groups is 1. The number of benzene rings is 1. The van der Waals surface area contributed by atoms with Gasteiger partial charge in [-0.15, -0.1) is 0 Å². The third-order valence-electron chi connectivity index (χ3n) is 2.21. The maximum atomic E-state index is 13.0. The lowest BCUT2D eigenvalue weighted by molar-refractivity contribution is -0.136. The molecule has 1 atom stereocenters. The van der Waals surface area contributed by atoms with E-state index in [-0.39, 0.29) is 18.4 Å². The van der Waals surface area contributed by atoms with Crippen LogP contribution >= 0.6 is 15.9 Å². The molecule has 0 bridgehead atoms. The van der Waals surface area contributed by atoms with Crippen LogP contribution in [0.5, 0.6) is 0 Å². The van der Waals surface area contributed by atoms with Crippen LogP contribution in [0.4, 0.5) is 17.6 Å². The molecule has 0 aliphatic heterocycles. The Kier molecular flexibility index (Phi) is 4.94. The molecule has 0 aliphatic carbocycles. The minimum atomic E-state index is -4.22. The lowest BCUT2D eigenvalue weighted by Gasteiger charge is -2.12. The van der Waals surface area contributed by atoms with Crippen LogP contribution in [0.1, 0.15) is 30.9 Å². The molecular weight excluding hydrogens is 304 g/mol. The Bertz CT molecular complexity index is 358. The molecule has 0 aliphatic rings. The summed E-state index contributed by atoms with van der Waals surface area (Å²) in [6.07, 6.45) is -6.47. The van der Waals surface area contributed by atoms with E-state index in [0.29, 0.717) is 4.47 Å². The van der Waals surface area contributed by atoms with E-state index in [1.54, 1.807) is 0 Å². The van der Waals surface area contributed by atoms with Gasteiger partial charge in [-0.3, -0.25) is 0 Å². The Labute approximate surface area is 105 Å². The topological polar surface area (TPSA) is 20.2 Å². The van der Waals surface area contributed by atoms with Gasteiger partial charge in [-0.2, -0.15) is 13.2 Å². The van der Waals surface area contributed by atoms with Crippen molar-refractivity contribution in [2.75, 3.05) is 0 Å². The first-order chi connectivity index (χ1) is 7.78. The van der Waals surface area contributed by atoms with Crippen molar-refractivity contribution in [2.45, 2.75) is 31.5 Å². The number of hydrogen-bond donors (Lipinski definition) is 1. The molecular formula is C11H11BrF4O. The van der Waals surface area contributed by atoms with Crippen molar-refractivity contribution in [3.63, 3.8) is 0 Å². The number of hydrogen-bond acceptors (Lipinski definition) is 1. The molecule has 1 unspecified atom stereocenters. The average Bonchev–Trinajstić information content (AvgIpc) is 2.13. The van der Waals surface area contributed by atoms with E-state index in [1.165, 1.54) is 12.1 Å². The van der Waals surface area contributed by atoms with Crippen LogP contribution in [0.3, 0.4) is 0 Å². The van der Waals surface area contributed by atoms with Crippen molar-refractivity contribution in [1.29, 1.82) is 0 Å². The predicted molar refractivity (Wildman–Crippen MR) is 59.0 cm³/mol. The third kappa shape index (κ3) is 5.50. The molecule has 17 heavy (non-hydrogen) atoms. The Morgan fingerprint density at radius 2 is 1.88 bits per heavy atom. The second kappa shape index (κ2) is 5.82. The summed E-state index contributed by atoms with van der Waals surface area (Å²) in [5, 5.41) is 9.61. The van der Waals surface area contributed by atoms with Gasteiger partial charge in [-0.1, -0.05) is 15.9 Å². The zero-order chi connectivity index (χ0) is 13.1. The van der Waals surface area contributed by atoms with Gasteiger partial charge in [0.05, 0.1) is 6.10 Å². The SMILES string of the molecule is OC(CCCC(F)(F)F)c1cc(F)cc(Br)c1. The van der Waals surface area contributed by atoms with Gasteiger partial charge in [0.1, 0.15) is 5.82 Å². The fraction of sp³-hybridized carbons (Fsp3) is 0.455. The minimum Gasteiger partial charge on any atom is -0.388 e. The molecule has 0 spiro atoms. The van der Waals surface area contributed by atoms with E-state index in [2.05, 4.69) is 15.9 Å². The van der Waals surface area contributed by atoms with Gasteiger partial charge in [0.25, 0.3) is 0 Å². The van der Waals surface area contributed by atoms with E-state index in [0.717, 1.165) is 6.07 Å². The summed E-state index contributed by atoms with van der Waals surface area (Å²) in [4.78, 5) is 0. The smallest absolute Gasteiger partial charge is 0.388 e. The molecule has 6 heteroatoms. The molecule has 1 N–H and O–H groups in total. The van der Waals surface area contributed by atoms with Crippen LogP contribution in [0.2, 0.25) is 0 Å². The largest absolute Gasteiger partial charge is 0.389 e. The quantitative estimate of drug-likeness (QED) is 0.819. The van der Waals surface area contributed by atoms with Crippen molar-refractivity contribution < 1.29 is 22.7 Å². The van der Waals surface area contributed by atoms with E-state index in [1.807, 2.05) is 0 Å². The van der Waals surface area contributed by atoms with Crippen molar-refractivity contribution in [2.24, 2.45) is 0 Å². The van der Waals surface area contributed by atoms with E-state index in [9.17, 15) is 22.7 Å². The molecule has 1 rings (SSSR count). The lowest BCUT2D eigenvalue weighted by Crippen LogP contribution is -2.08. The van der Waals surface area contributed by atoms with Crippen molar-refractivity contribution in [3.8, 4) is 0 Å². The van der Waals surface area contributed by atoms with Crippen molar-refractivity contribution in [1.82, 2.24) is 0 Å². The van der Waals surface area contributed by atoms with E-state index in [4.69, 9.17) is 0 Å². The fourth-order valence-corrected chi connectivity index (χ4v) is 1.91. The van der Waals surface area contributed by atoms with Crippen LogP contribution < -0.4 is 0 Å². The molecule has 1 aromatic carbocycles. The highest BCUT2D eigenvalue weighted by atomic mass is 79.9. The summed E-state index contributed by atoms with van der Waals surface area (Å²) in [6.45, 7) is 0. The molecule has 0 saturated heterocycles. The van der Waals surface area contributed by atoms with Crippen molar-refractivity contribution >= 4 is 15.9 Å². The molecule has 0 amide bonds.